The molecule has 0 aliphatic carbocycles. The highest BCUT2D eigenvalue weighted by atomic mass is 14.9. The number of piperidine rings is 1. The molecular weight excluding hydrogens is 196 g/mol. The van der Waals surface area contributed by atoms with Gasteiger partial charge < -0.3 is 5.32 Å². The molecule has 2 aromatic rings. The predicted molar refractivity (Wildman–Crippen MR) is 66.3 cm³/mol. The van der Waals surface area contributed by atoms with Crippen LogP contribution in [0.5, 0.6) is 0 Å². The molecule has 1 N–H and O–H groups in total. The van der Waals surface area contributed by atoms with Gasteiger partial charge in [0.1, 0.15) is 0 Å². The topological polar surface area (TPSA) is 24.9 Å². The maximum absolute atomic E-state index is 4.18. The first-order chi connectivity index (χ1) is 7.93. The molecule has 0 saturated carbocycles. The van der Waals surface area contributed by atoms with Crippen LogP contribution in [0.2, 0.25) is 0 Å². The van der Waals surface area contributed by atoms with Crippen LogP contribution in [0.25, 0.3) is 10.8 Å². The Hall–Kier alpha value is -1.41. The van der Waals surface area contributed by atoms with Gasteiger partial charge in [-0.3, -0.25) is 4.98 Å². The van der Waals surface area contributed by atoms with Gasteiger partial charge in [-0.05, 0) is 42.5 Å². The van der Waals surface area contributed by atoms with E-state index in [1.54, 1.807) is 0 Å². The van der Waals surface area contributed by atoms with Crippen molar-refractivity contribution in [1.82, 2.24) is 10.3 Å². The monoisotopic (exact) mass is 212 g/mol. The van der Waals surface area contributed by atoms with Crippen molar-refractivity contribution < 1.29 is 0 Å². The molecule has 1 fully saturated rings. The van der Waals surface area contributed by atoms with Crippen LogP contribution in [0, 0.1) is 0 Å². The van der Waals surface area contributed by atoms with Crippen molar-refractivity contribution in [3.8, 4) is 0 Å². The number of benzene rings is 1. The maximum atomic E-state index is 4.18. The summed E-state index contributed by atoms with van der Waals surface area (Å²) in [4.78, 5) is 4.18. The molecule has 0 bridgehead atoms. The lowest BCUT2D eigenvalue weighted by Gasteiger charge is -2.24. The predicted octanol–water partition coefficient (Wildman–Crippen LogP) is 3.05. The summed E-state index contributed by atoms with van der Waals surface area (Å²) in [5.41, 5.74) is 1.40. The number of pyridine rings is 1. The average molecular weight is 212 g/mol. The van der Waals surface area contributed by atoms with Crippen LogP contribution in [0.15, 0.2) is 36.7 Å². The fourth-order valence-corrected chi connectivity index (χ4v) is 2.46. The van der Waals surface area contributed by atoms with Crippen LogP contribution >= 0.6 is 0 Å². The molecule has 1 saturated heterocycles. The Morgan fingerprint density at radius 1 is 1.12 bits per heavy atom. The molecule has 1 aliphatic heterocycles. The second-order valence-electron chi connectivity index (χ2n) is 4.48. The van der Waals surface area contributed by atoms with Crippen molar-refractivity contribution in [3.63, 3.8) is 0 Å². The van der Waals surface area contributed by atoms with Gasteiger partial charge >= 0.3 is 0 Å². The normalized spacial score (nSPS) is 21.1. The van der Waals surface area contributed by atoms with E-state index in [0.717, 1.165) is 6.54 Å². The molecule has 1 aliphatic rings. The van der Waals surface area contributed by atoms with Crippen LogP contribution in [-0.2, 0) is 0 Å². The molecule has 2 nitrogen and oxygen atoms in total. The molecule has 1 unspecified atom stereocenters. The van der Waals surface area contributed by atoms with E-state index in [4.69, 9.17) is 0 Å². The van der Waals surface area contributed by atoms with Gasteiger partial charge in [-0.25, -0.2) is 0 Å². The molecule has 1 atom stereocenters. The summed E-state index contributed by atoms with van der Waals surface area (Å²) in [5.74, 6) is 0. The highest BCUT2D eigenvalue weighted by Gasteiger charge is 2.14. The summed E-state index contributed by atoms with van der Waals surface area (Å²) in [5, 5.41) is 6.10. The van der Waals surface area contributed by atoms with Gasteiger partial charge in [-0.2, -0.15) is 0 Å². The molecule has 82 valence electrons. The standard InChI is InChI=1S/C14H16N2/c1-2-7-16-14(3-1)12-5-4-11-6-8-15-10-13(11)9-12/h4-6,8-10,14,16H,1-3,7H2. The van der Waals surface area contributed by atoms with Crippen molar-refractivity contribution in [2.75, 3.05) is 6.54 Å². The van der Waals surface area contributed by atoms with Gasteiger partial charge in [0.2, 0.25) is 0 Å². The highest BCUT2D eigenvalue weighted by Crippen LogP contribution is 2.25. The Kier molecular flexibility index (Phi) is 2.58. The minimum absolute atomic E-state index is 0.540. The summed E-state index contributed by atoms with van der Waals surface area (Å²) in [6.45, 7) is 1.15. The minimum Gasteiger partial charge on any atom is -0.310 e. The number of nitrogens with one attached hydrogen (secondary N) is 1. The zero-order valence-electron chi connectivity index (χ0n) is 9.32. The first-order valence-electron chi connectivity index (χ1n) is 6.00. The third-order valence-electron chi connectivity index (χ3n) is 3.38. The summed E-state index contributed by atoms with van der Waals surface area (Å²) in [7, 11) is 0. The minimum atomic E-state index is 0.540. The van der Waals surface area contributed by atoms with Gasteiger partial charge in [0.05, 0.1) is 0 Å². The van der Waals surface area contributed by atoms with Gasteiger partial charge in [-0.15, -0.1) is 0 Å². The van der Waals surface area contributed by atoms with Crippen LogP contribution in [0.4, 0.5) is 0 Å². The summed E-state index contributed by atoms with van der Waals surface area (Å²) < 4.78 is 0. The maximum Gasteiger partial charge on any atom is 0.0346 e. The third kappa shape index (κ3) is 1.81. The van der Waals surface area contributed by atoms with E-state index < -0.39 is 0 Å². The molecule has 16 heavy (non-hydrogen) atoms. The van der Waals surface area contributed by atoms with E-state index in [1.807, 2.05) is 12.4 Å². The van der Waals surface area contributed by atoms with Crippen molar-refractivity contribution in [2.45, 2.75) is 25.3 Å². The largest absolute Gasteiger partial charge is 0.310 e. The molecule has 0 radical (unpaired) electrons. The Bertz CT molecular complexity index is 487. The zero-order chi connectivity index (χ0) is 10.8. The molecule has 1 aromatic carbocycles. The molecule has 1 aromatic heterocycles. The molecular formula is C14H16N2. The summed E-state index contributed by atoms with van der Waals surface area (Å²) in [6, 6.07) is 9.31. The SMILES string of the molecule is c1cc2ccc(C3CCCCN3)cc2cn1. The fraction of sp³-hybridized carbons (Fsp3) is 0.357. The Labute approximate surface area is 95.7 Å². The van der Waals surface area contributed by atoms with Crippen LogP contribution in [-0.4, -0.2) is 11.5 Å². The van der Waals surface area contributed by atoms with Crippen molar-refractivity contribution in [3.05, 3.63) is 42.2 Å². The lowest BCUT2D eigenvalue weighted by Crippen LogP contribution is -2.26. The number of hydrogen-bond donors (Lipinski definition) is 1. The van der Waals surface area contributed by atoms with E-state index in [-0.39, 0.29) is 0 Å². The van der Waals surface area contributed by atoms with E-state index in [0.29, 0.717) is 6.04 Å². The van der Waals surface area contributed by atoms with Crippen molar-refractivity contribution in [2.24, 2.45) is 0 Å². The Balaban J connectivity index is 1.97. The molecule has 2 heteroatoms. The lowest BCUT2D eigenvalue weighted by atomic mass is 9.96. The first-order valence-corrected chi connectivity index (χ1v) is 6.00. The van der Waals surface area contributed by atoms with Crippen molar-refractivity contribution >= 4 is 10.8 Å². The van der Waals surface area contributed by atoms with Crippen LogP contribution in [0.1, 0.15) is 30.9 Å². The van der Waals surface area contributed by atoms with E-state index in [1.165, 1.54) is 35.6 Å². The van der Waals surface area contributed by atoms with Crippen molar-refractivity contribution in [1.29, 1.82) is 0 Å². The van der Waals surface area contributed by atoms with Crippen LogP contribution in [0.3, 0.4) is 0 Å². The quantitative estimate of drug-likeness (QED) is 0.786. The second kappa shape index (κ2) is 4.22. The number of rotatable bonds is 1. The lowest BCUT2D eigenvalue weighted by molar-refractivity contribution is 0.412. The molecule has 0 amide bonds. The molecule has 2 heterocycles. The van der Waals surface area contributed by atoms with E-state index >= 15 is 0 Å². The van der Waals surface area contributed by atoms with Gasteiger partial charge in [-0.1, -0.05) is 18.6 Å². The van der Waals surface area contributed by atoms with Gasteiger partial charge in [0.15, 0.2) is 0 Å². The smallest absolute Gasteiger partial charge is 0.0346 e. The summed E-state index contributed by atoms with van der Waals surface area (Å²) >= 11 is 0. The van der Waals surface area contributed by atoms with E-state index in [9.17, 15) is 0 Å². The van der Waals surface area contributed by atoms with Crippen LogP contribution < -0.4 is 5.32 Å². The average Bonchev–Trinajstić information content (AvgIpc) is 2.39. The number of nitrogens with zero attached hydrogens (tertiary/aromatic N) is 1. The first kappa shape index (κ1) is 9.79. The number of hydrogen-bond acceptors (Lipinski definition) is 2. The molecule has 0 spiro atoms. The number of fused-ring (bicyclic) bond motifs is 1. The van der Waals surface area contributed by atoms with Gasteiger partial charge in [0.25, 0.3) is 0 Å². The summed E-state index contributed by atoms with van der Waals surface area (Å²) in [6.07, 6.45) is 7.70. The number of aromatic nitrogens is 1. The Morgan fingerprint density at radius 2 is 2.12 bits per heavy atom. The van der Waals surface area contributed by atoms with Gasteiger partial charge in [0, 0.05) is 23.8 Å². The third-order valence-corrected chi connectivity index (χ3v) is 3.38. The highest BCUT2D eigenvalue weighted by molar-refractivity contribution is 5.82. The second-order valence-corrected chi connectivity index (χ2v) is 4.48. The fourth-order valence-electron chi connectivity index (χ4n) is 2.46. The zero-order valence-corrected chi connectivity index (χ0v) is 9.32. The molecule has 3 rings (SSSR count). The van der Waals surface area contributed by atoms with E-state index in [2.05, 4.69) is 34.6 Å². The Morgan fingerprint density at radius 3 is 3.00 bits per heavy atom.